The molecule has 12 rings (SSSR count). The summed E-state index contributed by atoms with van der Waals surface area (Å²) in [6.07, 6.45) is 0. The van der Waals surface area contributed by atoms with E-state index in [-0.39, 0.29) is 0 Å². The van der Waals surface area contributed by atoms with Gasteiger partial charge in [0.05, 0.1) is 5.69 Å². The number of hydrogen-bond donors (Lipinski definition) is 0. The van der Waals surface area contributed by atoms with Crippen molar-refractivity contribution in [2.45, 2.75) is 33.6 Å². The topological polar surface area (TPSA) is 32.8 Å². The minimum Gasteiger partial charge on any atom is -0.454 e. The maximum Gasteiger partial charge on any atom is 0.159 e. The van der Waals surface area contributed by atoms with Crippen LogP contribution in [0.25, 0.3) is 76.2 Å². The van der Waals surface area contributed by atoms with Gasteiger partial charge < -0.3 is 9.32 Å². The smallest absolute Gasteiger partial charge is 0.159 e. The third-order valence-corrected chi connectivity index (χ3v) is 16.3. The zero-order valence-corrected chi connectivity index (χ0v) is 39.0. The molecule has 0 aliphatic heterocycles. The van der Waals surface area contributed by atoms with Crippen molar-refractivity contribution in [2.24, 2.45) is 0 Å². The second-order valence-electron chi connectivity index (χ2n) is 17.7. The maximum absolute atomic E-state index is 7.04. The SMILES string of the molecule is Cc1cccc(N(c2ccc3ccc4c(N(c5cccc(C)c5)c5cccc6c5oc5c(I(C)C)cccc56)ccc5ccc2c3c54)c2cccc3c2oc2c(C(C)C)cccc23)c1. The molecule has 0 radical (unpaired) electrons. The fourth-order valence-corrected chi connectivity index (χ4v) is 12.5. The van der Waals surface area contributed by atoms with Crippen LogP contribution >= 0.6 is 19.8 Å². The van der Waals surface area contributed by atoms with Gasteiger partial charge in [0.15, 0.2) is 5.58 Å². The van der Waals surface area contributed by atoms with Gasteiger partial charge in [-0.1, -0.05) is 56.3 Å². The maximum atomic E-state index is 7.04. The summed E-state index contributed by atoms with van der Waals surface area (Å²) < 4.78 is 15.4. The Morgan fingerprint density at radius 1 is 0.406 bits per heavy atom. The van der Waals surface area contributed by atoms with E-state index < -0.39 is 19.8 Å². The molecular weight excluding hydrogens is 896 g/mol. The molecule has 0 bridgehead atoms. The van der Waals surface area contributed by atoms with E-state index >= 15 is 0 Å². The number of para-hydroxylation sites is 4. The molecule has 5 heteroatoms. The predicted molar refractivity (Wildman–Crippen MR) is 282 cm³/mol. The van der Waals surface area contributed by atoms with Crippen LogP contribution in [0.3, 0.4) is 0 Å². The number of alkyl halides is 2. The van der Waals surface area contributed by atoms with E-state index in [1.165, 1.54) is 58.0 Å². The predicted octanol–water partition coefficient (Wildman–Crippen LogP) is 18.0. The van der Waals surface area contributed by atoms with Crippen molar-refractivity contribution in [3.05, 3.63) is 190 Å². The van der Waals surface area contributed by atoms with Crippen LogP contribution in [0.15, 0.2) is 179 Å². The van der Waals surface area contributed by atoms with E-state index in [4.69, 9.17) is 8.83 Å². The number of halogens is 1. The van der Waals surface area contributed by atoms with Crippen LogP contribution in [0.5, 0.6) is 0 Å². The van der Waals surface area contributed by atoms with Crippen molar-refractivity contribution in [1.82, 2.24) is 0 Å². The van der Waals surface area contributed by atoms with Crippen molar-refractivity contribution < 1.29 is 8.83 Å². The van der Waals surface area contributed by atoms with Crippen molar-refractivity contribution in [2.75, 3.05) is 19.7 Å². The van der Waals surface area contributed by atoms with E-state index in [0.29, 0.717) is 5.92 Å². The standard InChI is InChI=1S/C59H47IN2O2/c1-35(2)42-17-9-18-43-45-20-11-23-52(58(45)63-56(42)43)61(40-15-7-13-36(3)33-40)50-31-27-38-26-30-48-51(32-28-39-25-29-47(50)54(38)55(39)48)62(41-16-8-14-37(4)34-41)53-24-12-21-46-44-19-10-22-49(60(5)6)57(44)64-59(46)53/h7-35H,1-6H3. The van der Waals surface area contributed by atoms with E-state index in [9.17, 15) is 0 Å². The fraction of sp³-hybridized carbons (Fsp3) is 0.119. The second-order valence-corrected chi connectivity index (χ2v) is 23.2. The van der Waals surface area contributed by atoms with E-state index in [1.807, 2.05) is 0 Å². The van der Waals surface area contributed by atoms with Gasteiger partial charge in [-0.15, -0.1) is 0 Å². The molecule has 10 aromatic carbocycles. The molecule has 4 nitrogen and oxygen atoms in total. The van der Waals surface area contributed by atoms with Gasteiger partial charge in [-0.05, 0) is 48.2 Å². The largest absolute Gasteiger partial charge is 0.454 e. The van der Waals surface area contributed by atoms with Crippen molar-refractivity contribution in [3.8, 4) is 0 Å². The fourth-order valence-electron chi connectivity index (χ4n) is 10.2. The van der Waals surface area contributed by atoms with Crippen LogP contribution in [-0.2, 0) is 0 Å². The molecule has 2 aromatic heterocycles. The molecule has 64 heavy (non-hydrogen) atoms. The molecule has 0 atom stereocenters. The average Bonchev–Trinajstić information content (AvgIpc) is 3.89. The Morgan fingerprint density at radius 3 is 1.34 bits per heavy atom. The summed E-state index contributed by atoms with van der Waals surface area (Å²) in [4.78, 5) is 9.62. The van der Waals surface area contributed by atoms with Gasteiger partial charge in [-0.3, -0.25) is 0 Å². The third-order valence-electron chi connectivity index (χ3n) is 13.1. The first-order chi connectivity index (χ1) is 31.2. The number of furan rings is 2. The molecule has 0 N–H and O–H groups in total. The second kappa shape index (κ2) is 14.9. The molecule has 12 aromatic rings. The summed E-state index contributed by atoms with van der Waals surface area (Å²) in [6, 6.07) is 62.5. The Morgan fingerprint density at radius 2 is 0.844 bits per heavy atom. The Bertz CT molecular complexity index is 3550. The molecule has 0 aliphatic rings. The summed E-state index contributed by atoms with van der Waals surface area (Å²) in [5.41, 5.74) is 13.8. The molecule has 0 amide bonds. The molecule has 0 unspecified atom stereocenters. The van der Waals surface area contributed by atoms with Crippen LogP contribution in [0, 0.1) is 17.4 Å². The number of rotatable bonds is 8. The van der Waals surface area contributed by atoms with Crippen LogP contribution in [0.2, 0.25) is 0 Å². The zero-order valence-electron chi connectivity index (χ0n) is 36.8. The van der Waals surface area contributed by atoms with Gasteiger partial charge >= 0.3 is 235 Å². The summed E-state index contributed by atoms with van der Waals surface area (Å²) in [5.74, 6) is 0.330. The molecular formula is C59H47IN2O2. The van der Waals surface area contributed by atoms with Gasteiger partial charge in [0.1, 0.15) is 5.58 Å². The van der Waals surface area contributed by atoms with Crippen molar-refractivity contribution >= 4 is 130 Å². The van der Waals surface area contributed by atoms with Gasteiger partial charge in [0, 0.05) is 16.5 Å². The Balaban J connectivity index is 1.13. The minimum absolute atomic E-state index is 0.330. The van der Waals surface area contributed by atoms with Gasteiger partial charge in [0.2, 0.25) is 0 Å². The Labute approximate surface area is 380 Å². The molecule has 0 saturated carbocycles. The van der Waals surface area contributed by atoms with Crippen LogP contribution in [-0.4, -0.2) is 9.86 Å². The molecule has 0 spiro atoms. The molecule has 0 fully saturated rings. The van der Waals surface area contributed by atoms with Gasteiger partial charge in [0.25, 0.3) is 0 Å². The number of hydrogen-bond acceptors (Lipinski definition) is 4. The molecule has 2 heterocycles. The Kier molecular flexibility index (Phi) is 9.03. The monoisotopic (exact) mass is 942 g/mol. The summed E-state index contributed by atoms with van der Waals surface area (Å²) >= 11 is -1.36. The number of benzene rings is 10. The number of aryl methyl sites for hydroxylation is 2. The van der Waals surface area contributed by atoms with Gasteiger partial charge in [-0.25, -0.2) is 0 Å². The molecule has 0 saturated heterocycles. The minimum atomic E-state index is -1.36. The first kappa shape index (κ1) is 38.8. The van der Waals surface area contributed by atoms with Crippen LogP contribution in [0.1, 0.15) is 36.5 Å². The first-order valence-electron chi connectivity index (χ1n) is 22.1. The number of anilines is 6. The average molecular weight is 943 g/mol. The summed E-state index contributed by atoms with van der Waals surface area (Å²) in [5, 5.41) is 11.8. The van der Waals surface area contributed by atoms with E-state index in [2.05, 4.69) is 217 Å². The third kappa shape index (κ3) is 5.93. The zero-order chi connectivity index (χ0) is 43.4. The Hall–Kier alpha value is -6.83. The number of fused-ring (bicyclic) bond motifs is 6. The van der Waals surface area contributed by atoms with E-state index in [1.54, 1.807) is 0 Å². The summed E-state index contributed by atoms with van der Waals surface area (Å²) in [6.45, 7) is 8.81. The van der Waals surface area contributed by atoms with Crippen molar-refractivity contribution in [3.63, 3.8) is 0 Å². The van der Waals surface area contributed by atoms with Crippen LogP contribution < -0.4 is 9.80 Å². The number of nitrogens with zero attached hydrogens (tertiary/aromatic N) is 2. The quantitative estimate of drug-likeness (QED) is 0.0863. The normalized spacial score (nSPS) is 12.3. The molecule has 0 aliphatic carbocycles. The van der Waals surface area contributed by atoms with Gasteiger partial charge in [-0.2, -0.15) is 0 Å². The molecule has 312 valence electrons. The summed E-state index contributed by atoms with van der Waals surface area (Å²) in [7, 11) is 0. The van der Waals surface area contributed by atoms with Crippen molar-refractivity contribution in [1.29, 1.82) is 0 Å². The first-order valence-corrected chi connectivity index (χ1v) is 27.5. The van der Waals surface area contributed by atoms with Crippen LogP contribution in [0.4, 0.5) is 34.1 Å². The van der Waals surface area contributed by atoms with E-state index in [0.717, 1.165) is 72.6 Å².